The molecule has 1 aliphatic heterocycles. The van der Waals surface area contributed by atoms with Gasteiger partial charge < -0.3 is 16.0 Å². The highest BCUT2D eigenvalue weighted by Gasteiger charge is 2.12. The summed E-state index contributed by atoms with van der Waals surface area (Å²) < 4.78 is 0. The molecule has 0 saturated carbocycles. The third-order valence-electron chi connectivity index (χ3n) is 3.41. The summed E-state index contributed by atoms with van der Waals surface area (Å²) in [5, 5.41) is 9.92. The fourth-order valence-corrected chi connectivity index (χ4v) is 2.30. The van der Waals surface area contributed by atoms with E-state index in [0.717, 1.165) is 37.2 Å². The average Bonchev–Trinajstić information content (AvgIpc) is 2.47. The molecule has 0 bridgehead atoms. The van der Waals surface area contributed by atoms with Crippen LogP contribution in [0.4, 0.5) is 11.6 Å². The van der Waals surface area contributed by atoms with E-state index in [-0.39, 0.29) is 0 Å². The molecule has 2 rings (SSSR count). The van der Waals surface area contributed by atoms with Crippen molar-refractivity contribution in [2.75, 3.05) is 36.8 Å². The summed E-state index contributed by atoms with van der Waals surface area (Å²) in [5.74, 6) is 2.56. The molecule has 1 saturated heterocycles. The van der Waals surface area contributed by atoms with E-state index >= 15 is 0 Å². The lowest BCUT2D eigenvalue weighted by atomic mass is 9.95. The maximum Gasteiger partial charge on any atom is 0.131 e. The molecule has 5 heteroatoms. The minimum atomic E-state index is 0.714. The quantitative estimate of drug-likeness (QED) is 0.654. The monoisotopic (exact) mass is 261 g/mol. The number of hydrogen-bond acceptors (Lipinski definition) is 5. The highest BCUT2D eigenvalue weighted by molar-refractivity contribution is 5.46. The Morgan fingerprint density at radius 3 is 2.74 bits per heavy atom. The van der Waals surface area contributed by atoms with Crippen LogP contribution in [0.5, 0.6) is 0 Å². The normalized spacial score (nSPS) is 16.0. The van der Waals surface area contributed by atoms with E-state index in [2.05, 4.69) is 32.5 Å². The Hall–Kier alpha value is -1.62. The smallest absolute Gasteiger partial charge is 0.131 e. The van der Waals surface area contributed by atoms with E-state index in [4.69, 9.17) is 0 Å². The van der Waals surface area contributed by atoms with E-state index in [1.807, 2.05) is 12.1 Å². The molecule has 1 aromatic heterocycles. The van der Waals surface area contributed by atoms with Crippen LogP contribution >= 0.6 is 0 Å². The van der Waals surface area contributed by atoms with Crippen LogP contribution in [-0.4, -0.2) is 36.1 Å². The Morgan fingerprint density at radius 2 is 2.00 bits per heavy atom. The molecule has 0 radical (unpaired) electrons. The van der Waals surface area contributed by atoms with E-state index in [1.165, 1.54) is 19.3 Å². The van der Waals surface area contributed by atoms with Crippen LogP contribution in [0.3, 0.4) is 0 Å². The second-order valence-electron chi connectivity index (χ2n) is 4.87. The van der Waals surface area contributed by atoms with Crippen LogP contribution in [0.2, 0.25) is 0 Å². The van der Waals surface area contributed by atoms with E-state index in [1.54, 1.807) is 6.33 Å². The molecular formula is C14H23N5. The summed E-state index contributed by atoms with van der Waals surface area (Å²) in [6.07, 6.45) is 7.18. The first-order valence-electron chi connectivity index (χ1n) is 7.00. The van der Waals surface area contributed by atoms with Gasteiger partial charge in [0.1, 0.15) is 18.0 Å². The molecule has 3 N–H and O–H groups in total. The van der Waals surface area contributed by atoms with Gasteiger partial charge in [0.05, 0.1) is 0 Å². The zero-order chi connectivity index (χ0) is 13.3. The molecule has 2 heterocycles. The molecule has 1 fully saturated rings. The van der Waals surface area contributed by atoms with Gasteiger partial charge >= 0.3 is 0 Å². The Morgan fingerprint density at radius 1 is 1.26 bits per heavy atom. The van der Waals surface area contributed by atoms with Crippen LogP contribution in [0.1, 0.15) is 19.3 Å². The summed E-state index contributed by atoms with van der Waals surface area (Å²) in [4.78, 5) is 8.39. The maximum absolute atomic E-state index is 4.23. The third-order valence-corrected chi connectivity index (χ3v) is 3.41. The number of hydrogen-bond donors (Lipinski definition) is 3. The number of piperidine rings is 1. The van der Waals surface area contributed by atoms with Crippen molar-refractivity contribution >= 4 is 11.6 Å². The highest BCUT2D eigenvalue weighted by Crippen LogP contribution is 2.16. The lowest BCUT2D eigenvalue weighted by Crippen LogP contribution is -2.28. The number of nitrogens with zero attached hydrogens (tertiary/aromatic N) is 2. The number of anilines is 2. The molecule has 1 aromatic rings. The minimum absolute atomic E-state index is 0.714. The van der Waals surface area contributed by atoms with Crippen molar-refractivity contribution in [3.8, 4) is 0 Å². The molecule has 104 valence electrons. The zero-order valence-corrected chi connectivity index (χ0v) is 11.4. The van der Waals surface area contributed by atoms with Crippen molar-refractivity contribution in [1.29, 1.82) is 0 Å². The van der Waals surface area contributed by atoms with Crippen LogP contribution in [0.15, 0.2) is 25.0 Å². The van der Waals surface area contributed by atoms with Crippen molar-refractivity contribution in [2.45, 2.75) is 19.3 Å². The Labute approximate surface area is 114 Å². The molecule has 5 nitrogen and oxygen atoms in total. The Balaban J connectivity index is 1.73. The molecular weight excluding hydrogens is 238 g/mol. The summed E-state index contributed by atoms with van der Waals surface area (Å²) in [5.41, 5.74) is 0. The summed E-state index contributed by atoms with van der Waals surface area (Å²) in [7, 11) is 0. The van der Waals surface area contributed by atoms with E-state index < -0.39 is 0 Å². The van der Waals surface area contributed by atoms with Crippen LogP contribution in [0, 0.1) is 5.92 Å². The van der Waals surface area contributed by atoms with E-state index in [0.29, 0.717) is 6.54 Å². The second kappa shape index (κ2) is 7.74. The zero-order valence-electron chi connectivity index (χ0n) is 11.4. The molecule has 1 aliphatic rings. The lowest BCUT2D eigenvalue weighted by Gasteiger charge is -2.22. The predicted molar refractivity (Wildman–Crippen MR) is 79.4 cm³/mol. The van der Waals surface area contributed by atoms with Crippen LogP contribution in [0.25, 0.3) is 0 Å². The highest BCUT2D eigenvalue weighted by atomic mass is 15.1. The van der Waals surface area contributed by atoms with Crippen molar-refractivity contribution in [2.24, 2.45) is 5.92 Å². The standard InChI is InChI=1S/C14H23N5/c1-2-6-16-13-10-14(19-11-18-13)17-9-5-12-3-7-15-8-4-12/h2,10-12,15H,1,3-9H2,(H2,16,17,18,19). The van der Waals surface area contributed by atoms with Gasteiger partial charge in [0, 0.05) is 19.2 Å². The molecule has 0 atom stereocenters. The Bertz CT molecular complexity index is 387. The van der Waals surface area contributed by atoms with Crippen LogP contribution in [-0.2, 0) is 0 Å². The van der Waals surface area contributed by atoms with Crippen molar-refractivity contribution in [3.63, 3.8) is 0 Å². The van der Waals surface area contributed by atoms with Gasteiger partial charge in [0.15, 0.2) is 0 Å². The second-order valence-corrected chi connectivity index (χ2v) is 4.87. The molecule has 0 aromatic carbocycles. The molecule has 0 amide bonds. The minimum Gasteiger partial charge on any atom is -0.370 e. The first-order valence-corrected chi connectivity index (χ1v) is 7.00. The fraction of sp³-hybridized carbons (Fsp3) is 0.571. The molecule has 0 aliphatic carbocycles. The Kier molecular flexibility index (Phi) is 5.62. The maximum atomic E-state index is 4.23. The first-order chi connectivity index (χ1) is 9.38. The SMILES string of the molecule is C=CCNc1cc(NCCC2CCNCC2)ncn1. The molecule has 0 unspecified atom stereocenters. The van der Waals surface area contributed by atoms with Crippen LogP contribution < -0.4 is 16.0 Å². The lowest BCUT2D eigenvalue weighted by molar-refractivity contribution is 0.361. The van der Waals surface area contributed by atoms with Gasteiger partial charge in [-0.1, -0.05) is 6.08 Å². The fourth-order valence-electron chi connectivity index (χ4n) is 2.30. The van der Waals surface area contributed by atoms with Gasteiger partial charge in [-0.15, -0.1) is 6.58 Å². The van der Waals surface area contributed by atoms with Crippen molar-refractivity contribution in [1.82, 2.24) is 15.3 Å². The molecule has 0 spiro atoms. The van der Waals surface area contributed by atoms with Gasteiger partial charge in [0.25, 0.3) is 0 Å². The third kappa shape index (κ3) is 4.87. The van der Waals surface area contributed by atoms with Gasteiger partial charge in [-0.25, -0.2) is 9.97 Å². The van der Waals surface area contributed by atoms with Gasteiger partial charge in [-0.05, 0) is 38.3 Å². The van der Waals surface area contributed by atoms with Crippen molar-refractivity contribution < 1.29 is 0 Å². The predicted octanol–water partition coefficient (Wildman–Crippen LogP) is 1.88. The topological polar surface area (TPSA) is 61.9 Å². The largest absolute Gasteiger partial charge is 0.370 e. The first kappa shape index (κ1) is 13.8. The summed E-state index contributed by atoms with van der Waals surface area (Å²) in [6.45, 7) is 7.68. The van der Waals surface area contributed by atoms with Crippen molar-refractivity contribution in [3.05, 3.63) is 25.0 Å². The van der Waals surface area contributed by atoms with E-state index in [9.17, 15) is 0 Å². The number of aromatic nitrogens is 2. The summed E-state index contributed by atoms with van der Waals surface area (Å²) >= 11 is 0. The molecule has 19 heavy (non-hydrogen) atoms. The summed E-state index contributed by atoms with van der Waals surface area (Å²) in [6, 6.07) is 1.94. The average molecular weight is 261 g/mol. The number of nitrogens with one attached hydrogen (secondary N) is 3. The number of rotatable bonds is 7. The van der Waals surface area contributed by atoms with Gasteiger partial charge in [0.2, 0.25) is 0 Å². The van der Waals surface area contributed by atoms with Gasteiger partial charge in [-0.3, -0.25) is 0 Å². The van der Waals surface area contributed by atoms with Gasteiger partial charge in [-0.2, -0.15) is 0 Å².